The Balaban J connectivity index is 1.98. The average molecular weight is 246 g/mol. The molecule has 6 heteroatoms. The van der Waals surface area contributed by atoms with E-state index in [0.29, 0.717) is 5.82 Å². The predicted octanol–water partition coefficient (Wildman–Crippen LogP) is 0.428. The third kappa shape index (κ3) is 2.92. The van der Waals surface area contributed by atoms with E-state index in [1.165, 1.54) is 6.39 Å². The van der Waals surface area contributed by atoms with Gasteiger partial charge in [0.05, 0.1) is 12.5 Å². The number of nitrogens with zero attached hydrogens (tertiary/aromatic N) is 2. The molecule has 18 heavy (non-hydrogen) atoms. The molecule has 0 saturated heterocycles. The van der Waals surface area contributed by atoms with Crippen LogP contribution < -0.4 is 11.1 Å². The maximum Gasteiger partial charge on any atom is 0.229 e. The summed E-state index contributed by atoms with van der Waals surface area (Å²) in [4.78, 5) is 15.8. The number of nitrogens with one attached hydrogen (secondary N) is 1. The van der Waals surface area contributed by atoms with Gasteiger partial charge in [0.25, 0.3) is 0 Å². The third-order valence-electron chi connectivity index (χ3n) is 2.58. The van der Waals surface area contributed by atoms with Gasteiger partial charge >= 0.3 is 0 Å². The van der Waals surface area contributed by atoms with E-state index in [0.717, 1.165) is 5.56 Å². The predicted molar refractivity (Wildman–Crippen MR) is 64.4 cm³/mol. The van der Waals surface area contributed by atoms with Gasteiger partial charge in [0.2, 0.25) is 12.3 Å². The molecule has 0 aliphatic carbocycles. The van der Waals surface area contributed by atoms with Gasteiger partial charge in [0, 0.05) is 6.54 Å². The maximum absolute atomic E-state index is 12.0. The molecule has 3 N–H and O–H groups in total. The van der Waals surface area contributed by atoms with Gasteiger partial charge in [-0.05, 0) is 5.56 Å². The quantitative estimate of drug-likeness (QED) is 0.797. The average Bonchev–Trinajstić information content (AvgIpc) is 2.92. The van der Waals surface area contributed by atoms with Crippen molar-refractivity contribution in [2.75, 3.05) is 6.54 Å². The van der Waals surface area contributed by atoms with Gasteiger partial charge < -0.3 is 15.6 Å². The minimum absolute atomic E-state index is 0.145. The molecule has 1 aromatic carbocycles. The van der Waals surface area contributed by atoms with Crippen molar-refractivity contribution < 1.29 is 9.32 Å². The van der Waals surface area contributed by atoms with Gasteiger partial charge in [0.1, 0.15) is 0 Å². The van der Waals surface area contributed by atoms with Gasteiger partial charge in [-0.1, -0.05) is 35.5 Å². The number of rotatable bonds is 5. The lowest BCUT2D eigenvalue weighted by atomic mass is 9.98. The third-order valence-corrected chi connectivity index (χ3v) is 2.58. The monoisotopic (exact) mass is 246 g/mol. The number of carbonyl (C=O) groups is 1. The van der Waals surface area contributed by atoms with Crippen LogP contribution in [-0.4, -0.2) is 22.6 Å². The highest BCUT2D eigenvalue weighted by molar-refractivity contribution is 5.83. The van der Waals surface area contributed by atoms with Gasteiger partial charge in [0.15, 0.2) is 5.82 Å². The lowest BCUT2D eigenvalue weighted by molar-refractivity contribution is -0.122. The molecule has 1 aromatic heterocycles. The van der Waals surface area contributed by atoms with E-state index in [2.05, 4.69) is 20.0 Å². The van der Waals surface area contributed by atoms with Crippen molar-refractivity contribution in [3.63, 3.8) is 0 Å². The summed E-state index contributed by atoms with van der Waals surface area (Å²) in [6, 6.07) is 9.42. The van der Waals surface area contributed by atoms with Crippen LogP contribution in [0.1, 0.15) is 17.3 Å². The first-order valence-electron chi connectivity index (χ1n) is 5.59. The summed E-state index contributed by atoms with van der Waals surface area (Å²) in [5.74, 6) is -0.0706. The normalized spacial score (nSPS) is 12.1. The maximum atomic E-state index is 12.0. The molecule has 1 amide bonds. The van der Waals surface area contributed by atoms with Gasteiger partial charge in [-0.15, -0.1) is 0 Å². The molecular formula is C12H14N4O2. The largest absolute Gasteiger partial charge is 0.348 e. The Hall–Kier alpha value is -2.21. The topological polar surface area (TPSA) is 94.0 Å². The van der Waals surface area contributed by atoms with Crippen LogP contribution in [0.15, 0.2) is 41.2 Å². The number of benzene rings is 1. The molecule has 2 rings (SSSR count). The molecule has 0 fully saturated rings. The Morgan fingerprint density at radius 2 is 2.17 bits per heavy atom. The molecule has 1 unspecified atom stereocenters. The Morgan fingerprint density at radius 1 is 1.39 bits per heavy atom. The van der Waals surface area contributed by atoms with E-state index in [9.17, 15) is 4.79 Å². The van der Waals surface area contributed by atoms with Crippen LogP contribution in [-0.2, 0) is 11.3 Å². The summed E-state index contributed by atoms with van der Waals surface area (Å²) < 4.78 is 4.58. The van der Waals surface area contributed by atoms with E-state index in [4.69, 9.17) is 5.73 Å². The molecule has 0 aliphatic heterocycles. The molecule has 6 nitrogen and oxygen atoms in total. The molecular weight excluding hydrogens is 232 g/mol. The number of hydrogen-bond donors (Lipinski definition) is 2. The van der Waals surface area contributed by atoms with Crippen molar-refractivity contribution in [3.05, 3.63) is 48.1 Å². The molecule has 0 aliphatic rings. The second kappa shape index (κ2) is 5.92. The van der Waals surface area contributed by atoms with Crippen molar-refractivity contribution in [2.24, 2.45) is 5.73 Å². The van der Waals surface area contributed by atoms with Crippen LogP contribution in [0.2, 0.25) is 0 Å². The zero-order valence-corrected chi connectivity index (χ0v) is 9.74. The van der Waals surface area contributed by atoms with Crippen LogP contribution in [0.5, 0.6) is 0 Å². The second-order valence-corrected chi connectivity index (χ2v) is 3.76. The highest BCUT2D eigenvalue weighted by Crippen LogP contribution is 2.14. The molecule has 0 bridgehead atoms. The van der Waals surface area contributed by atoms with Crippen molar-refractivity contribution in [1.82, 2.24) is 15.5 Å². The zero-order chi connectivity index (χ0) is 12.8. The first kappa shape index (κ1) is 12.3. The summed E-state index contributed by atoms with van der Waals surface area (Å²) in [6.45, 7) is 0.487. The Morgan fingerprint density at radius 3 is 2.78 bits per heavy atom. The number of hydrogen-bond acceptors (Lipinski definition) is 5. The lowest BCUT2D eigenvalue weighted by Crippen LogP contribution is -2.33. The van der Waals surface area contributed by atoms with E-state index in [1.807, 2.05) is 30.3 Å². The summed E-state index contributed by atoms with van der Waals surface area (Å²) in [6.07, 6.45) is 1.22. The SMILES string of the molecule is NCC(C(=O)NCc1ncon1)c1ccccc1. The lowest BCUT2D eigenvalue weighted by Gasteiger charge is -2.14. The van der Waals surface area contributed by atoms with Crippen LogP contribution in [0.3, 0.4) is 0 Å². The smallest absolute Gasteiger partial charge is 0.229 e. The summed E-state index contributed by atoms with van der Waals surface area (Å²) in [5.41, 5.74) is 6.54. The fourth-order valence-electron chi connectivity index (χ4n) is 1.64. The van der Waals surface area contributed by atoms with Gasteiger partial charge in [-0.25, -0.2) is 0 Å². The minimum atomic E-state index is -0.363. The molecule has 0 spiro atoms. The summed E-state index contributed by atoms with van der Waals surface area (Å²) in [7, 11) is 0. The number of amides is 1. The zero-order valence-electron chi connectivity index (χ0n) is 9.74. The molecule has 0 saturated carbocycles. The van der Waals surface area contributed by atoms with Gasteiger partial charge in [-0.2, -0.15) is 4.98 Å². The van der Waals surface area contributed by atoms with Crippen LogP contribution in [0, 0.1) is 0 Å². The number of nitrogens with two attached hydrogens (primary N) is 1. The Labute approximate surface area is 104 Å². The fourth-order valence-corrected chi connectivity index (χ4v) is 1.64. The number of aromatic nitrogens is 2. The molecule has 2 aromatic rings. The van der Waals surface area contributed by atoms with E-state index in [1.54, 1.807) is 0 Å². The highest BCUT2D eigenvalue weighted by atomic mass is 16.5. The Kier molecular flexibility index (Phi) is 4.03. The van der Waals surface area contributed by atoms with Crippen molar-refractivity contribution in [3.8, 4) is 0 Å². The highest BCUT2D eigenvalue weighted by Gasteiger charge is 2.18. The van der Waals surface area contributed by atoms with E-state index in [-0.39, 0.29) is 24.9 Å². The van der Waals surface area contributed by atoms with Crippen LogP contribution in [0.4, 0.5) is 0 Å². The molecule has 94 valence electrons. The first-order valence-corrected chi connectivity index (χ1v) is 5.59. The van der Waals surface area contributed by atoms with Crippen molar-refractivity contribution in [1.29, 1.82) is 0 Å². The first-order chi connectivity index (χ1) is 8.81. The minimum Gasteiger partial charge on any atom is -0.348 e. The van der Waals surface area contributed by atoms with Crippen molar-refractivity contribution >= 4 is 5.91 Å². The number of carbonyl (C=O) groups excluding carboxylic acids is 1. The fraction of sp³-hybridized carbons (Fsp3) is 0.250. The molecule has 1 heterocycles. The van der Waals surface area contributed by atoms with Crippen molar-refractivity contribution in [2.45, 2.75) is 12.5 Å². The van der Waals surface area contributed by atoms with E-state index < -0.39 is 0 Å². The summed E-state index contributed by atoms with van der Waals surface area (Å²) in [5, 5.41) is 6.34. The van der Waals surface area contributed by atoms with Crippen LogP contribution >= 0.6 is 0 Å². The Bertz CT molecular complexity index is 484. The van der Waals surface area contributed by atoms with Gasteiger partial charge in [-0.3, -0.25) is 4.79 Å². The van der Waals surface area contributed by atoms with E-state index >= 15 is 0 Å². The second-order valence-electron chi connectivity index (χ2n) is 3.76. The van der Waals surface area contributed by atoms with Crippen LogP contribution in [0.25, 0.3) is 0 Å². The molecule has 1 atom stereocenters. The summed E-state index contributed by atoms with van der Waals surface area (Å²) >= 11 is 0. The standard InChI is InChI=1S/C12H14N4O2/c13-6-10(9-4-2-1-3-5-9)12(17)14-7-11-15-8-18-16-11/h1-5,8,10H,6-7,13H2,(H,14,17). The molecule has 0 radical (unpaired) electrons.